The zero-order valence-electron chi connectivity index (χ0n) is 15.8. The van der Waals surface area contributed by atoms with Crippen molar-refractivity contribution in [3.8, 4) is 11.1 Å². The molecule has 142 valence electrons. The lowest BCUT2D eigenvalue weighted by Gasteiger charge is -2.15. The molecule has 0 saturated heterocycles. The number of benzene rings is 2. The second kappa shape index (κ2) is 7.98. The average molecular weight is 391 g/mol. The van der Waals surface area contributed by atoms with E-state index < -0.39 is 0 Å². The van der Waals surface area contributed by atoms with Gasteiger partial charge in [-0.05, 0) is 65.2 Å². The Morgan fingerprint density at radius 1 is 1.07 bits per heavy atom. The second-order valence-electron chi connectivity index (χ2n) is 6.93. The molecule has 1 N–H and O–H groups in total. The van der Waals surface area contributed by atoms with Gasteiger partial charge in [0.15, 0.2) is 0 Å². The third kappa shape index (κ3) is 3.85. The summed E-state index contributed by atoms with van der Waals surface area (Å²) in [5, 5.41) is 5.02. The first-order chi connectivity index (χ1) is 13.6. The van der Waals surface area contributed by atoms with E-state index in [-0.39, 0.29) is 11.8 Å². The molecular weight excluding hydrogens is 368 g/mol. The molecule has 0 atom stereocenters. The molecule has 1 aliphatic rings. The van der Waals surface area contributed by atoms with Crippen molar-refractivity contribution in [2.24, 2.45) is 0 Å². The number of anilines is 1. The summed E-state index contributed by atoms with van der Waals surface area (Å²) in [7, 11) is 0. The maximum Gasteiger partial charge on any atom is 0.251 e. The fourth-order valence-corrected chi connectivity index (χ4v) is 4.29. The Kier molecular flexibility index (Phi) is 5.26. The van der Waals surface area contributed by atoms with Crippen molar-refractivity contribution in [2.45, 2.75) is 19.8 Å². The van der Waals surface area contributed by atoms with Crippen LogP contribution in [0.2, 0.25) is 0 Å². The lowest BCUT2D eigenvalue weighted by molar-refractivity contribution is -0.116. The van der Waals surface area contributed by atoms with Crippen LogP contribution in [0.15, 0.2) is 60.0 Å². The Morgan fingerprint density at radius 2 is 1.86 bits per heavy atom. The molecule has 5 heteroatoms. The number of rotatable bonds is 5. The van der Waals surface area contributed by atoms with Gasteiger partial charge in [-0.2, -0.15) is 0 Å². The van der Waals surface area contributed by atoms with E-state index in [1.807, 2.05) is 52.7 Å². The van der Waals surface area contributed by atoms with Gasteiger partial charge in [-0.3, -0.25) is 9.59 Å². The van der Waals surface area contributed by atoms with Gasteiger partial charge in [0.1, 0.15) is 0 Å². The lowest BCUT2D eigenvalue weighted by Crippen LogP contribution is -2.25. The number of nitrogens with one attached hydrogen (secondary N) is 1. The third-order valence-corrected chi connectivity index (χ3v) is 6.01. The summed E-state index contributed by atoms with van der Waals surface area (Å²) in [4.78, 5) is 27.1. The Bertz CT molecular complexity index is 994. The highest BCUT2D eigenvalue weighted by Gasteiger charge is 2.22. The van der Waals surface area contributed by atoms with E-state index in [2.05, 4.69) is 17.4 Å². The van der Waals surface area contributed by atoms with Crippen molar-refractivity contribution in [1.82, 2.24) is 5.32 Å². The molecule has 2 amide bonds. The number of carbonyl (C=O) groups is 2. The van der Waals surface area contributed by atoms with Crippen molar-refractivity contribution >= 4 is 28.8 Å². The molecule has 4 nitrogen and oxygen atoms in total. The first-order valence-corrected chi connectivity index (χ1v) is 10.3. The molecule has 0 unspecified atom stereocenters. The molecule has 3 aromatic rings. The molecule has 4 rings (SSSR count). The van der Waals surface area contributed by atoms with Crippen LogP contribution in [0, 0.1) is 0 Å². The van der Waals surface area contributed by atoms with Gasteiger partial charge < -0.3 is 10.2 Å². The van der Waals surface area contributed by atoms with Gasteiger partial charge in [-0.15, -0.1) is 11.3 Å². The largest absolute Gasteiger partial charge is 0.352 e. The van der Waals surface area contributed by atoms with Crippen LogP contribution in [-0.4, -0.2) is 24.9 Å². The second-order valence-corrected chi connectivity index (χ2v) is 7.96. The molecule has 2 heterocycles. The zero-order valence-corrected chi connectivity index (χ0v) is 16.6. The lowest BCUT2D eigenvalue weighted by atomic mass is 10.0. The molecular formula is C23H22N2O2S. The van der Waals surface area contributed by atoms with Crippen molar-refractivity contribution in [1.29, 1.82) is 0 Å². The molecule has 2 aromatic carbocycles. The highest BCUT2D eigenvalue weighted by molar-refractivity contribution is 7.09. The van der Waals surface area contributed by atoms with Crippen LogP contribution in [0.3, 0.4) is 0 Å². The number of hydrogen-bond acceptors (Lipinski definition) is 3. The number of fused-ring (bicyclic) bond motifs is 1. The minimum atomic E-state index is -0.0471. The zero-order chi connectivity index (χ0) is 19.5. The Balaban J connectivity index is 1.42. The first-order valence-electron chi connectivity index (χ1n) is 9.44. The van der Waals surface area contributed by atoms with E-state index >= 15 is 0 Å². The van der Waals surface area contributed by atoms with Crippen molar-refractivity contribution in [2.75, 3.05) is 18.0 Å². The van der Waals surface area contributed by atoms with E-state index in [0.29, 0.717) is 12.1 Å². The predicted molar refractivity (Wildman–Crippen MR) is 114 cm³/mol. The van der Waals surface area contributed by atoms with Gasteiger partial charge >= 0.3 is 0 Å². The predicted octanol–water partition coefficient (Wildman–Crippen LogP) is 4.30. The number of carbonyl (C=O) groups excluding carboxylic acids is 2. The van der Waals surface area contributed by atoms with Gasteiger partial charge in [0, 0.05) is 36.1 Å². The summed E-state index contributed by atoms with van der Waals surface area (Å²) < 4.78 is 0. The van der Waals surface area contributed by atoms with Crippen molar-refractivity contribution in [3.05, 3.63) is 76.0 Å². The topological polar surface area (TPSA) is 49.4 Å². The van der Waals surface area contributed by atoms with Gasteiger partial charge in [-0.25, -0.2) is 0 Å². The average Bonchev–Trinajstić information content (AvgIpc) is 3.37. The maximum atomic E-state index is 12.3. The van der Waals surface area contributed by atoms with Crippen LogP contribution in [0.25, 0.3) is 11.1 Å². The normalized spacial score (nSPS) is 12.7. The minimum absolute atomic E-state index is 0.0471. The number of thiophene rings is 1. The number of amides is 2. The van der Waals surface area contributed by atoms with Crippen LogP contribution in [0.5, 0.6) is 0 Å². The smallest absolute Gasteiger partial charge is 0.251 e. The Labute approximate surface area is 168 Å². The Hall–Kier alpha value is -2.92. The fraction of sp³-hybridized carbons (Fsp3) is 0.217. The fourth-order valence-electron chi connectivity index (χ4n) is 3.58. The highest BCUT2D eigenvalue weighted by Crippen LogP contribution is 2.32. The van der Waals surface area contributed by atoms with E-state index in [4.69, 9.17) is 0 Å². The molecule has 1 aromatic heterocycles. The van der Waals surface area contributed by atoms with Crippen LogP contribution in [0.1, 0.15) is 27.7 Å². The van der Waals surface area contributed by atoms with E-state index in [0.717, 1.165) is 36.2 Å². The summed E-state index contributed by atoms with van der Waals surface area (Å²) in [6, 6.07) is 18.0. The summed E-state index contributed by atoms with van der Waals surface area (Å²) in [5.74, 6) is 0.0371. The van der Waals surface area contributed by atoms with Crippen LogP contribution in [0.4, 0.5) is 5.69 Å². The van der Waals surface area contributed by atoms with Gasteiger partial charge in [-0.1, -0.05) is 24.3 Å². The molecule has 0 fully saturated rings. The maximum absolute atomic E-state index is 12.3. The molecule has 0 radical (unpaired) electrons. The molecule has 0 bridgehead atoms. The van der Waals surface area contributed by atoms with E-state index in [1.54, 1.807) is 18.3 Å². The monoisotopic (exact) mass is 390 g/mol. The van der Waals surface area contributed by atoms with Gasteiger partial charge in [0.25, 0.3) is 5.91 Å². The summed E-state index contributed by atoms with van der Waals surface area (Å²) in [5.41, 5.74) is 5.05. The summed E-state index contributed by atoms with van der Waals surface area (Å²) in [6.45, 7) is 2.99. The SMILES string of the molecule is CC(=O)N1CCc2cc(-c3ccc(C(=O)NCCc4cccs4)cc3)ccc21. The molecule has 0 saturated carbocycles. The molecule has 0 spiro atoms. The van der Waals surface area contributed by atoms with Crippen molar-refractivity contribution in [3.63, 3.8) is 0 Å². The molecule has 0 aliphatic carbocycles. The summed E-state index contributed by atoms with van der Waals surface area (Å²) in [6.07, 6.45) is 1.74. The van der Waals surface area contributed by atoms with Gasteiger partial charge in [0.05, 0.1) is 0 Å². The number of nitrogens with zero attached hydrogens (tertiary/aromatic N) is 1. The van der Waals surface area contributed by atoms with Crippen LogP contribution >= 0.6 is 11.3 Å². The Morgan fingerprint density at radius 3 is 2.57 bits per heavy atom. The quantitative estimate of drug-likeness (QED) is 0.706. The molecule has 28 heavy (non-hydrogen) atoms. The van der Waals surface area contributed by atoms with Crippen molar-refractivity contribution < 1.29 is 9.59 Å². The standard InChI is InChI=1S/C23H22N2O2S/c1-16(26)25-13-11-20-15-19(8-9-22(20)25)17-4-6-18(7-5-17)23(27)24-12-10-21-3-2-14-28-21/h2-9,14-15H,10-13H2,1H3,(H,24,27). The van der Waals surface area contributed by atoms with E-state index in [1.165, 1.54) is 10.4 Å². The number of hydrogen-bond donors (Lipinski definition) is 1. The first kappa shape index (κ1) is 18.4. The van der Waals surface area contributed by atoms with Crippen LogP contribution < -0.4 is 10.2 Å². The summed E-state index contributed by atoms with van der Waals surface area (Å²) >= 11 is 1.71. The van der Waals surface area contributed by atoms with Gasteiger partial charge in [0.2, 0.25) is 5.91 Å². The van der Waals surface area contributed by atoms with Crippen LogP contribution in [-0.2, 0) is 17.6 Å². The highest BCUT2D eigenvalue weighted by atomic mass is 32.1. The van der Waals surface area contributed by atoms with E-state index in [9.17, 15) is 9.59 Å². The minimum Gasteiger partial charge on any atom is -0.352 e. The third-order valence-electron chi connectivity index (χ3n) is 5.07. The molecule has 1 aliphatic heterocycles.